The van der Waals surface area contributed by atoms with Crippen molar-refractivity contribution in [2.24, 2.45) is 0 Å². The largest absolute Gasteiger partial charge is 0.339 e. The molecule has 3 aromatic rings. The van der Waals surface area contributed by atoms with E-state index in [9.17, 15) is 9.59 Å². The summed E-state index contributed by atoms with van der Waals surface area (Å²) in [6.45, 7) is 2.82. The lowest BCUT2D eigenvalue weighted by molar-refractivity contribution is -0.137. The number of carbonyl (C=O) groups excluding carboxylic acids is 2. The molecule has 5 nitrogen and oxygen atoms in total. The number of rotatable bonds is 7. The molecule has 1 aliphatic heterocycles. The van der Waals surface area contributed by atoms with Gasteiger partial charge in [0, 0.05) is 25.4 Å². The van der Waals surface area contributed by atoms with Crippen LogP contribution in [0.1, 0.15) is 58.6 Å². The molecule has 4 rings (SSSR count). The van der Waals surface area contributed by atoms with Crippen molar-refractivity contribution in [2.45, 2.75) is 51.1 Å². The Hall–Kier alpha value is -2.99. The number of hydrogen-bond donors (Lipinski definition) is 1. The third-order valence-electron chi connectivity index (χ3n) is 6.07. The zero-order chi connectivity index (χ0) is 22.3. The number of likely N-dealkylation sites (tertiary alicyclic amines) is 1. The normalized spacial score (nSPS) is 17.0. The van der Waals surface area contributed by atoms with Gasteiger partial charge in [-0.2, -0.15) is 0 Å². The number of pyridine rings is 1. The van der Waals surface area contributed by atoms with Gasteiger partial charge in [-0.25, -0.2) is 0 Å². The highest BCUT2D eigenvalue weighted by Crippen LogP contribution is 2.31. The number of carbonyl (C=O) groups is 2. The van der Waals surface area contributed by atoms with Crippen LogP contribution in [0.4, 0.5) is 0 Å². The second kappa shape index (κ2) is 10.6. The lowest BCUT2D eigenvalue weighted by Gasteiger charge is -2.38. The molecule has 0 radical (unpaired) electrons. The molecular formula is C26H29N3O2S. The van der Waals surface area contributed by atoms with Crippen molar-refractivity contribution < 1.29 is 9.59 Å². The van der Waals surface area contributed by atoms with Crippen molar-refractivity contribution >= 4 is 23.2 Å². The Kier molecular flexibility index (Phi) is 7.32. The van der Waals surface area contributed by atoms with Crippen molar-refractivity contribution in [3.05, 3.63) is 87.9 Å². The Bertz CT molecular complexity index is 1020. The topological polar surface area (TPSA) is 62.3 Å². The summed E-state index contributed by atoms with van der Waals surface area (Å²) in [6, 6.07) is 15.3. The predicted molar refractivity (Wildman–Crippen MR) is 128 cm³/mol. The molecule has 1 aromatic carbocycles. The molecule has 6 heteroatoms. The van der Waals surface area contributed by atoms with Gasteiger partial charge in [-0.1, -0.05) is 43.3 Å². The summed E-state index contributed by atoms with van der Waals surface area (Å²) in [5.41, 5.74) is 3.35. The summed E-state index contributed by atoms with van der Waals surface area (Å²) >= 11 is 1.38. The number of amides is 2. The van der Waals surface area contributed by atoms with Crippen LogP contribution >= 0.6 is 11.3 Å². The number of nitrogens with one attached hydrogen (secondary N) is 1. The van der Waals surface area contributed by atoms with Gasteiger partial charge in [0.05, 0.1) is 10.9 Å². The third-order valence-corrected chi connectivity index (χ3v) is 6.94. The number of benzene rings is 1. The highest BCUT2D eigenvalue weighted by molar-refractivity contribution is 7.12. The molecule has 2 unspecified atom stereocenters. The van der Waals surface area contributed by atoms with Gasteiger partial charge >= 0.3 is 0 Å². The third kappa shape index (κ3) is 5.25. The molecule has 166 valence electrons. The zero-order valence-electron chi connectivity index (χ0n) is 18.4. The first-order valence-corrected chi connectivity index (χ1v) is 12.2. The predicted octanol–water partition coefficient (Wildman–Crippen LogP) is 4.80. The Labute approximate surface area is 193 Å². The first-order valence-electron chi connectivity index (χ1n) is 11.3. The molecular weight excluding hydrogens is 418 g/mol. The van der Waals surface area contributed by atoms with Gasteiger partial charge in [0.25, 0.3) is 5.91 Å². The first-order chi connectivity index (χ1) is 15.7. The second-order valence-electron chi connectivity index (χ2n) is 8.21. The van der Waals surface area contributed by atoms with E-state index < -0.39 is 6.04 Å². The summed E-state index contributed by atoms with van der Waals surface area (Å²) in [4.78, 5) is 33.5. The smallest absolute Gasteiger partial charge is 0.262 e. The van der Waals surface area contributed by atoms with E-state index in [-0.39, 0.29) is 17.9 Å². The maximum atomic E-state index is 13.8. The number of thiophene rings is 1. The summed E-state index contributed by atoms with van der Waals surface area (Å²) in [6.07, 6.45) is 8.00. The molecule has 2 amide bonds. The van der Waals surface area contributed by atoms with E-state index in [4.69, 9.17) is 0 Å². The van der Waals surface area contributed by atoms with Crippen LogP contribution < -0.4 is 5.32 Å². The van der Waals surface area contributed by atoms with E-state index in [2.05, 4.69) is 41.5 Å². The van der Waals surface area contributed by atoms with Crippen LogP contribution in [0.15, 0.2) is 66.3 Å². The lowest BCUT2D eigenvalue weighted by atomic mass is 9.94. The van der Waals surface area contributed by atoms with Crippen molar-refractivity contribution in [2.75, 3.05) is 6.54 Å². The second-order valence-corrected chi connectivity index (χ2v) is 9.15. The number of nitrogens with zero attached hydrogens (tertiary/aromatic N) is 2. The molecule has 1 saturated heterocycles. The van der Waals surface area contributed by atoms with Gasteiger partial charge in [-0.05, 0) is 59.9 Å². The zero-order valence-corrected chi connectivity index (χ0v) is 19.2. The van der Waals surface area contributed by atoms with Gasteiger partial charge < -0.3 is 10.2 Å². The quantitative estimate of drug-likeness (QED) is 0.566. The van der Waals surface area contributed by atoms with Crippen LogP contribution in [-0.2, 0) is 17.6 Å². The first kappa shape index (κ1) is 22.2. The molecule has 3 heterocycles. The molecule has 0 saturated carbocycles. The minimum Gasteiger partial charge on any atom is -0.339 e. The summed E-state index contributed by atoms with van der Waals surface area (Å²) in [7, 11) is 0. The molecule has 0 bridgehead atoms. The van der Waals surface area contributed by atoms with Crippen molar-refractivity contribution in [3.8, 4) is 0 Å². The number of aromatic nitrogens is 1. The molecule has 1 N–H and O–H groups in total. The average Bonchev–Trinajstić information content (AvgIpc) is 3.39. The summed E-state index contributed by atoms with van der Waals surface area (Å²) < 4.78 is 0. The van der Waals surface area contributed by atoms with Crippen molar-refractivity contribution in [1.82, 2.24) is 15.2 Å². The van der Waals surface area contributed by atoms with Crippen molar-refractivity contribution in [3.63, 3.8) is 0 Å². The van der Waals surface area contributed by atoms with Crippen molar-refractivity contribution in [1.29, 1.82) is 0 Å². The van der Waals surface area contributed by atoms with Gasteiger partial charge in [0.2, 0.25) is 5.91 Å². The minimum absolute atomic E-state index is 0.00597. The fourth-order valence-electron chi connectivity index (χ4n) is 4.30. The van der Waals surface area contributed by atoms with Crippen LogP contribution in [0.2, 0.25) is 0 Å². The number of hydrogen-bond acceptors (Lipinski definition) is 4. The Morgan fingerprint density at radius 3 is 2.62 bits per heavy atom. The highest BCUT2D eigenvalue weighted by atomic mass is 32.1. The fraction of sp³-hybridized carbons (Fsp3) is 0.346. The van der Waals surface area contributed by atoms with Crippen LogP contribution in [0.5, 0.6) is 0 Å². The monoisotopic (exact) mass is 447 g/mol. The Morgan fingerprint density at radius 1 is 1.12 bits per heavy atom. The fourth-order valence-corrected chi connectivity index (χ4v) is 4.93. The SMILES string of the molecule is CCc1ccc(CC(NC(=O)c2cccs2)C(=O)N2CCCCC2c2cccnc2)cc1. The molecule has 0 aliphatic carbocycles. The maximum Gasteiger partial charge on any atom is 0.262 e. The van der Waals surface area contributed by atoms with Gasteiger partial charge in [-0.3, -0.25) is 14.6 Å². The molecule has 32 heavy (non-hydrogen) atoms. The van der Waals surface area contributed by atoms with E-state index in [1.807, 2.05) is 34.7 Å². The van der Waals surface area contributed by atoms with Gasteiger partial charge in [0.15, 0.2) is 0 Å². The molecule has 2 aromatic heterocycles. The minimum atomic E-state index is -0.616. The molecule has 2 atom stereocenters. The Balaban J connectivity index is 1.59. The van der Waals surface area contributed by atoms with Gasteiger partial charge in [0.1, 0.15) is 6.04 Å². The number of piperidine rings is 1. The number of aryl methyl sites for hydroxylation is 1. The van der Waals surface area contributed by atoms with Crippen LogP contribution in [0.3, 0.4) is 0 Å². The van der Waals surface area contributed by atoms with Gasteiger partial charge in [-0.15, -0.1) is 11.3 Å². The van der Waals surface area contributed by atoms with Crippen LogP contribution in [0, 0.1) is 0 Å². The molecule has 1 aliphatic rings. The summed E-state index contributed by atoms with van der Waals surface area (Å²) in [5.74, 6) is -0.221. The van der Waals surface area contributed by atoms with E-state index >= 15 is 0 Å². The van der Waals surface area contributed by atoms with E-state index in [1.54, 1.807) is 12.3 Å². The molecule has 1 fully saturated rings. The van der Waals surface area contributed by atoms with E-state index in [0.717, 1.165) is 36.8 Å². The molecule has 0 spiro atoms. The van der Waals surface area contributed by atoms with Crippen LogP contribution in [-0.4, -0.2) is 34.3 Å². The van der Waals surface area contributed by atoms with E-state index in [1.165, 1.54) is 16.9 Å². The summed E-state index contributed by atoms with van der Waals surface area (Å²) in [5, 5.41) is 4.90. The van der Waals surface area contributed by atoms with Crippen LogP contribution in [0.25, 0.3) is 0 Å². The average molecular weight is 448 g/mol. The Morgan fingerprint density at radius 2 is 1.94 bits per heavy atom. The standard InChI is InChI=1S/C26H29N3O2S/c1-2-19-10-12-20(13-11-19)17-22(28-25(30)24-9-6-16-32-24)26(31)29-15-4-3-8-23(29)21-7-5-14-27-18-21/h5-7,9-14,16,18,22-23H,2-4,8,15,17H2,1H3,(H,28,30). The lowest BCUT2D eigenvalue weighted by Crippen LogP contribution is -2.51. The maximum absolute atomic E-state index is 13.8. The van der Waals surface area contributed by atoms with E-state index in [0.29, 0.717) is 17.8 Å². The highest BCUT2D eigenvalue weighted by Gasteiger charge is 2.33.